The van der Waals surface area contributed by atoms with Gasteiger partial charge in [-0.2, -0.15) is 0 Å². The van der Waals surface area contributed by atoms with Crippen molar-refractivity contribution in [3.05, 3.63) is 35.9 Å². The summed E-state index contributed by atoms with van der Waals surface area (Å²) >= 11 is 0. The Hall–Kier alpha value is -1.35. The Bertz CT molecular complexity index is 469. The SMILES string of the molecule is CCC(C)C(C(=O)NC(C)(CN)C1CC1)c1ccccc1. The number of carbonyl (C=O) groups is 1. The summed E-state index contributed by atoms with van der Waals surface area (Å²) in [5.41, 5.74) is 6.77. The van der Waals surface area contributed by atoms with Crippen LogP contribution in [0.15, 0.2) is 30.3 Å². The van der Waals surface area contributed by atoms with Crippen LogP contribution in [-0.2, 0) is 4.79 Å². The molecule has 0 aliphatic heterocycles. The normalized spacial score (nSPS) is 20.4. The van der Waals surface area contributed by atoms with Gasteiger partial charge in [0.2, 0.25) is 5.91 Å². The number of carbonyl (C=O) groups excluding carboxylic acids is 1. The van der Waals surface area contributed by atoms with Gasteiger partial charge in [0.1, 0.15) is 0 Å². The monoisotopic (exact) mass is 288 g/mol. The van der Waals surface area contributed by atoms with E-state index in [0.717, 1.165) is 12.0 Å². The number of amides is 1. The zero-order chi connectivity index (χ0) is 15.5. The Morgan fingerprint density at radius 3 is 2.48 bits per heavy atom. The van der Waals surface area contributed by atoms with Gasteiger partial charge in [-0.1, -0.05) is 50.6 Å². The molecular weight excluding hydrogens is 260 g/mol. The highest BCUT2D eigenvalue weighted by molar-refractivity contribution is 5.84. The van der Waals surface area contributed by atoms with E-state index in [4.69, 9.17) is 5.73 Å². The molecule has 1 amide bonds. The van der Waals surface area contributed by atoms with Gasteiger partial charge in [0.15, 0.2) is 0 Å². The number of hydrogen-bond donors (Lipinski definition) is 2. The molecule has 0 saturated heterocycles. The van der Waals surface area contributed by atoms with E-state index < -0.39 is 0 Å². The number of nitrogens with two attached hydrogens (primary N) is 1. The minimum absolute atomic E-state index is 0.0965. The average molecular weight is 288 g/mol. The maximum absolute atomic E-state index is 12.9. The molecule has 3 N–H and O–H groups in total. The second-order valence-electron chi connectivity index (χ2n) is 6.66. The van der Waals surface area contributed by atoms with E-state index in [-0.39, 0.29) is 17.4 Å². The van der Waals surface area contributed by atoms with Gasteiger partial charge in [0, 0.05) is 6.54 Å². The van der Waals surface area contributed by atoms with E-state index in [1.807, 2.05) is 30.3 Å². The quantitative estimate of drug-likeness (QED) is 0.810. The van der Waals surface area contributed by atoms with E-state index in [9.17, 15) is 4.79 Å². The summed E-state index contributed by atoms with van der Waals surface area (Å²) in [6.45, 7) is 6.87. The lowest BCUT2D eigenvalue weighted by molar-refractivity contribution is -0.125. The predicted octanol–water partition coefficient (Wildman–Crippen LogP) is 3.06. The molecular formula is C18H28N2O. The third-order valence-corrected chi connectivity index (χ3v) is 4.97. The van der Waals surface area contributed by atoms with Crippen molar-refractivity contribution < 1.29 is 4.79 Å². The van der Waals surface area contributed by atoms with Gasteiger partial charge >= 0.3 is 0 Å². The van der Waals surface area contributed by atoms with Crippen LogP contribution in [0.4, 0.5) is 0 Å². The van der Waals surface area contributed by atoms with Crippen LogP contribution < -0.4 is 11.1 Å². The van der Waals surface area contributed by atoms with Crippen molar-refractivity contribution >= 4 is 5.91 Å². The van der Waals surface area contributed by atoms with Crippen molar-refractivity contribution in [3.8, 4) is 0 Å². The minimum atomic E-state index is -0.252. The van der Waals surface area contributed by atoms with Gasteiger partial charge in [0.25, 0.3) is 0 Å². The van der Waals surface area contributed by atoms with E-state index in [1.165, 1.54) is 12.8 Å². The molecule has 21 heavy (non-hydrogen) atoms. The van der Waals surface area contributed by atoms with Crippen molar-refractivity contribution in [1.29, 1.82) is 0 Å². The minimum Gasteiger partial charge on any atom is -0.349 e. The molecule has 1 aliphatic carbocycles. The maximum Gasteiger partial charge on any atom is 0.228 e. The van der Waals surface area contributed by atoms with Crippen LogP contribution >= 0.6 is 0 Å². The molecule has 3 unspecified atom stereocenters. The van der Waals surface area contributed by atoms with Crippen molar-refractivity contribution in [2.45, 2.75) is 51.5 Å². The lowest BCUT2D eigenvalue weighted by atomic mass is 9.83. The summed E-state index contributed by atoms with van der Waals surface area (Å²) in [7, 11) is 0. The summed E-state index contributed by atoms with van der Waals surface area (Å²) in [6.07, 6.45) is 3.33. The van der Waals surface area contributed by atoms with Crippen LogP contribution in [0.25, 0.3) is 0 Å². The van der Waals surface area contributed by atoms with Crippen LogP contribution in [0.2, 0.25) is 0 Å². The third kappa shape index (κ3) is 3.65. The highest BCUT2D eigenvalue weighted by Gasteiger charge is 2.42. The zero-order valence-corrected chi connectivity index (χ0v) is 13.4. The molecule has 1 aromatic rings. The van der Waals surface area contributed by atoms with E-state index in [1.54, 1.807) is 0 Å². The fourth-order valence-corrected chi connectivity index (χ4v) is 3.03. The van der Waals surface area contributed by atoms with Crippen LogP contribution in [0.1, 0.15) is 51.5 Å². The van der Waals surface area contributed by atoms with Gasteiger partial charge in [-0.05, 0) is 37.2 Å². The zero-order valence-electron chi connectivity index (χ0n) is 13.4. The molecule has 3 atom stereocenters. The van der Waals surface area contributed by atoms with Crippen molar-refractivity contribution in [3.63, 3.8) is 0 Å². The van der Waals surface area contributed by atoms with Crippen LogP contribution in [0.3, 0.4) is 0 Å². The predicted molar refractivity (Wildman–Crippen MR) is 87.0 cm³/mol. The summed E-state index contributed by atoms with van der Waals surface area (Å²) in [5.74, 6) is 0.879. The molecule has 1 fully saturated rings. The molecule has 0 heterocycles. The van der Waals surface area contributed by atoms with E-state index >= 15 is 0 Å². The molecule has 1 aromatic carbocycles. The molecule has 3 heteroatoms. The second-order valence-corrected chi connectivity index (χ2v) is 6.66. The summed E-state index contributed by atoms with van der Waals surface area (Å²) in [4.78, 5) is 12.9. The Kier molecular flexibility index (Phi) is 5.04. The number of benzene rings is 1. The molecule has 2 rings (SSSR count). The first kappa shape index (κ1) is 16.0. The fourth-order valence-electron chi connectivity index (χ4n) is 3.03. The fraction of sp³-hybridized carbons (Fsp3) is 0.611. The van der Waals surface area contributed by atoms with E-state index in [2.05, 4.69) is 26.1 Å². The highest BCUT2D eigenvalue weighted by Crippen LogP contribution is 2.39. The summed E-state index contributed by atoms with van der Waals surface area (Å²) in [5, 5.41) is 3.25. The van der Waals surface area contributed by atoms with Gasteiger partial charge in [0.05, 0.1) is 11.5 Å². The Labute approximate surface area is 128 Å². The smallest absolute Gasteiger partial charge is 0.228 e. The van der Waals surface area contributed by atoms with Crippen LogP contribution in [0, 0.1) is 11.8 Å². The lowest BCUT2D eigenvalue weighted by Gasteiger charge is -2.33. The first-order chi connectivity index (χ1) is 10.0. The largest absolute Gasteiger partial charge is 0.349 e. The van der Waals surface area contributed by atoms with Gasteiger partial charge in [-0.15, -0.1) is 0 Å². The van der Waals surface area contributed by atoms with Gasteiger partial charge in [-0.3, -0.25) is 4.79 Å². The molecule has 0 radical (unpaired) electrons. The molecule has 0 aromatic heterocycles. The van der Waals surface area contributed by atoms with Gasteiger partial charge in [-0.25, -0.2) is 0 Å². The van der Waals surface area contributed by atoms with Crippen LogP contribution in [-0.4, -0.2) is 18.0 Å². The summed E-state index contributed by atoms with van der Waals surface area (Å²) < 4.78 is 0. The first-order valence-electron chi connectivity index (χ1n) is 8.09. The topological polar surface area (TPSA) is 55.1 Å². The third-order valence-electron chi connectivity index (χ3n) is 4.97. The summed E-state index contributed by atoms with van der Waals surface area (Å²) in [6, 6.07) is 10.1. The molecule has 116 valence electrons. The maximum atomic E-state index is 12.9. The van der Waals surface area contributed by atoms with E-state index in [0.29, 0.717) is 18.4 Å². The molecule has 0 spiro atoms. The van der Waals surface area contributed by atoms with Crippen molar-refractivity contribution in [1.82, 2.24) is 5.32 Å². The van der Waals surface area contributed by atoms with Crippen LogP contribution in [0.5, 0.6) is 0 Å². The Morgan fingerprint density at radius 2 is 2.00 bits per heavy atom. The lowest BCUT2D eigenvalue weighted by Crippen LogP contribution is -2.54. The van der Waals surface area contributed by atoms with Crippen molar-refractivity contribution in [2.75, 3.05) is 6.54 Å². The molecule has 0 bridgehead atoms. The number of rotatable bonds is 7. The molecule has 3 nitrogen and oxygen atoms in total. The average Bonchev–Trinajstić information content (AvgIpc) is 3.33. The molecule has 1 saturated carbocycles. The number of nitrogens with one attached hydrogen (secondary N) is 1. The Morgan fingerprint density at radius 1 is 1.38 bits per heavy atom. The Balaban J connectivity index is 2.19. The van der Waals surface area contributed by atoms with Gasteiger partial charge < -0.3 is 11.1 Å². The molecule has 1 aliphatic rings. The highest BCUT2D eigenvalue weighted by atomic mass is 16.2. The standard InChI is InChI=1S/C18H28N2O/c1-4-13(2)16(14-8-6-5-7-9-14)17(21)20-18(3,12-19)15-10-11-15/h5-9,13,15-16H,4,10-12,19H2,1-3H3,(H,20,21). The number of hydrogen-bond acceptors (Lipinski definition) is 2. The second kappa shape index (κ2) is 6.61. The van der Waals surface area contributed by atoms with Crippen molar-refractivity contribution in [2.24, 2.45) is 17.6 Å². The first-order valence-corrected chi connectivity index (χ1v) is 8.09.